The highest BCUT2D eigenvalue weighted by Crippen LogP contribution is 2.30. The van der Waals surface area contributed by atoms with Gasteiger partial charge in [-0.05, 0) is 52.2 Å². The molecular weight excluding hydrogens is 288 g/mol. The summed E-state index contributed by atoms with van der Waals surface area (Å²) in [5.41, 5.74) is 1.26. The van der Waals surface area contributed by atoms with E-state index in [1.807, 2.05) is 12.4 Å². The molecule has 0 amide bonds. The molecule has 1 aliphatic carbocycles. The molecule has 2 unspecified atom stereocenters. The van der Waals surface area contributed by atoms with Gasteiger partial charge in [0.25, 0.3) is 0 Å². The molecule has 0 spiro atoms. The molecule has 1 fully saturated rings. The molecular formula is C15H23BrN2. The number of hydrogen-bond acceptors (Lipinski definition) is 2. The number of aromatic nitrogens is 1. The normalized spacial score (nSPS) is 24.4. The first-order chi connectivity index (χ1) is 8.66. The lowest BCUT2D eigenvalue weighted by Gasteiger charge is -2.35. The van der Waals surface area contributed by atoms with E-state index in [4.69, 9.17) is 0 Å². The van der Waals surface area contributed by atoms with Crippen LogP contribution in [0, 0.1) is 11.8 Å². The highest BCUT2D eigenvalue weighted by molar-refractivity contribution is 9.10. The van der Waals surface area contributed by atoms with E-state index in [0.717, 1.165) is 22.9 Å². The molecule has 2 atom stereocenters. The van der Waals surface area contributed by atoms with Gasteiger partial charge in [-0.1, -0.05) is 26.7 Å². The Labute approximate surface area is 119 Å². The zero-order valence-corrected chi connectivity index (χ0v) is 12.9. The summed E-state index contributed by atoms with van der Waals surface area (Å²) in [6.07, 6.45) is 9.26. The zero-order valence-electron chi connectivity index (χ0n) is 11.3. The lowest BCUT2D eigenvalue weighted by molar-refractivity contribution is 0.204. The minimum atomic E-state index is 0.678. The molecule has 0 aromatic carbocycles. The summed E-state index contributed by atoms with van der Waals surface area (Å²) < 4.78 is 1.06. The Morgan fingerprint density at radius 3 is 2.83 bits per heavy atom. The highest BCUT2D eigenvalue weighted by atomic mass is 79.9. The van der Waals surface area contributed by atoms with Crippen molar-refractivity contribution in [3.63, 3.8) is 0 Å². The number of hydrogen-bond donors (Lipinski definition) is 1. The van der Waals surface area contributed by atoms with E-state index in [1.165, 1.54) is 31.2 Å². The van der Waals surface area contributed by atoms with E-state index in [0.29, 0.717) is 6.04 Å². The first-order valence-corrected chi connectivity index (χ1v) is 7.79. The van der Waals surface area contributed by atoms with Gasteiger partial charge < -0.3 is 5.32 Å². The molecule has 2 nitrogen and oxygen atoms in total. The Kier molecular flexibility index (Phi) is 5.19. The average molecular weight is 311 g/mol. The number of nitrogens with zero attached hydrogens (tertiary/aromatic N) is 1. The fraction of sp³-hybridized carbons (Fsp3) is 0.667. The predicted molar refractivity (Wildman–Crippen MR) is 79.4 cm³/mol. The van der Waals surface area contributed by atoms with Gasteiger partial charge in [-0.2, -0.15) is 0 Å². The molecule has 0 radical (unpaired) electrons. The summed E-state index contributed by atoms with van der Waals surface area (Å²) in [5.74, 6) is 1.61. The minimum absolute atomic E-state index is 0.678. The van der Waals surface area contributed by atoms with Crippen LogP contribution in [-0.4, -0.2) is 11.0 Å². The second kappa shape index (κ2) is 6.67. The maximum Gasteiger partial charge on any atom is 0.0410 e. The van der Waals surface area contributed by atoms with Crippen LogP contribution in [0.25, 0.3) is 0 Å². The molecule has 1 heterocycles. The van der Waals surface area contributed by atoms with Gasteiger partial charge in [0.15, 0.2) is 0 Å². The topological polar surface area (TPSA) is 24.9 Å². The van der Waals surface area contributed by atoms with Crippen molar-refractivity contribution in [2.45, 2.75) is 52.1 Å². The zero-order chi connectivity index (χ0) is 13.0. The largest absolute Gasteiger partial charge is 0.310 e. The van der Waals surface area contributed by atoms with Gasteiger partial charge in [-0.3, -0.25) is 4.98 Å². The molecule has 1 saturated carbocycles. The van der Waals surface area contributed by atoms with Crippen LogP contribution in [0.3, 0.4) is 0 Å². The molecule has 0 saturated heterocycles. The van der Waals surface area contributed by atoms with Crippen LogP contribution in [-0.2, 0) is 6.54 Å². The molecule has 1 N–H and O–H groups in total. The monoisotopic (exact) mass is 310 g/mol. The van der Waals surface area contributed by atoms with E-state index in [-0.39, 0.29) is 0 Å². The lowest BCUT2D eigenvalue weighted by atomic mass is 9.78. The van der Waals surface area contributed by atoms with Crippen molar-refractivity contribution in [1.29, 1.82) is 0 Å². The predicted octanol–water partition coefficient (Wildman–Crippen LogP) is 4.15. The van der Waals surface area contributed by atoms with Gasteiger partial charge in [-0.15, -0.1) is 0 Å². The van der Waals surface area contributed by atoms with Gasteiger partial charge in [0.1, 0.15) is 0 Å². The molecule has 1 aliphatic rings. The Morgan fingerprint density at radius 1 is 1.33 bits per heavy atom. The van der Waals surface area contributed by atoms with Crippen molar-refractivity contribution in [2.75, 3.05) is 0 Å². The fourth-order valence-corrected chi connectivity index (χ4v) is 3.42. The first-order valence-electron chi connectivity index (χ1n) is 6.99. The molecule has 3 heteroatoms. The third-order valence-corrected chi connectivity index (χ3v) is 4.44. The van der Waals surface area contributed by atoms with Crippen molar-refractivity contribution in [1.82, 2.24) is 10.3 Å². The van der Waals surface area contributed by atoms with Gasteiger partial charge >= 0.3 is 0 Å². The third kappa shape index (κ3) is 3.79. The summed E-state index contributed by atoms with van der Waals surface area (Å²) in [7, 11) is 0. The molecule has 2 rings (SSSR count). The van der Waals surface area contributed by atoms with Gasteiger partial charge in [0.05, 0.1) is 0 Å². The fourth-order valence-electron chi connectivity index (χ4n) is 3.01. The van der Waals surface area contributed by atoms with Crippen LogP contribution in [0.5, 0.6) is 0 Å². The summed E-state index contributed by atoms with van der Waals surface area (Å²) in [5, 5.41) is 3.74. The molecule has 0 aliphatic heterocycles. The summed E-state index contributed by atoms with van der Waals surface area (Å²) in [6.45, 7) is 5.64. The van der Waals surface area contributed by atoms with E-state index >= 15 is 0 Å². The van der Waals surface area contributed by atoms with E-state index < -0.39 is 0 Å². The summed E-state index contributed by atoms with van der Waals surface area (Å²) in [4.78, 5) is 4.22. The second-order valence-corrected chi connectivity index (χ2v) is 6.61. The summed E-state index contributed by atoms with van der Waals surface area (Å²) >= 11 is 3.47. The Morgan fingerprint density at radius 2 is 2.11 bits per heavy atom. The van der Waals surface area contributed by atoms with Crippen LogP contribution < -0.4 is 5.32 Å². The second-order valence-electron chi connectivity index (χ2n) is 5.69. The van der Waals surface area contributed by atoms with Crippen LogP contribution in [0.1, 0.15) is 45.1 Å². The molecule has 0 bridgehead atoms. The van der Waals surface area contributed by atoms with Gasteiger partial charge in [-0.25, -0.2) is 0 Å². The van der Waals surface area contributed by atoms with Crippen LogP contribution in [0.2, 0.25) is 0 Å². The highest BCUT2D eigenvalue weighted by Gasteiger charge is 2.26. The quantitative estimate of drug-likeness (QED) is 0.903. The Bertz CT molecular complexity index is 379. The van der Waals surface area contributed by atoms with Crippen molar-refractivity contribution < 1.29 is 0 Å². The van der Waals surface area contributed by atoms with Gasteiger partial charge in [0, 0.05) is 29.5 Å². The molecule has 100 valence electrons. The average Bonchev–Trinajstić information content (AvgIpc) is 2.37. The van der Waals surface area contributed by atoms with E-state index in [9.17, 15) is 0 Å². The number of rotatable bonds is 4. The van der Waals surface area contributed by atoms with E-state index in [1.54, 1.807) is 0 Å². The van der Waals surface area contributed by atoms with Crippen LogP contribution >= 0.6 is 15.9 Å². The number of pyridine rings is 1. The van der Waals surface area contributed by atoms with Crippen molar-refractivity contribution >= 4 is 15.9 Å². The van der Waals surface area contributed by atoms with Gasteiger partial charge in [0.2, 0.25) is 0 Å². The lowest BCUT2D eigenvalue weighted by Crippen LogP contribution is -2.40. The SMILES string of the molecule is CC(C)C1CCCCC1NCc1cncc(Br)c1. The van der Waals surface area contributed by atoms with Crippen molar-refractivity contribution in [3.8, 4) is 0 Å². The molecule has 1 aromatic heterocycles. The Hall–Kier alpha value is -0.410. The third-order valence-electron chi connectivity index (χ3n) is 4.01. The number of halogens is 1. The maximum absolute atomic E-state index is 4.22. The van der Waals surface area contributed by atoms with Crippen molar-refractivity contribution in [2.24, 2.45) is 11.8 Å². The standard InChI is InChI=1S/C15H23BrN2/c1-11(2)14-5-3-4-6-15(14)18-9-12-7-13(16)10-17-8-12/h7-8,10-11,14-15,18H,3-6,9H2,1-2H3. The minimum Gasteiger partial charge on any atom is -0.310 e. The van der Waals surface area contributed by atoms with Crippen molar-refractivity contribution in [3.05, 3.63) is 28.5 Å². The van der Waals surface area contributed by atoms with Crippen LogP contribution in [0.4, 0.5) is 0 Å². The maximum atomic E-state index is 4.22. The smallest absolute Gasteiger partial charge is 0.0410 e. The van der Waals surface area contributed by atoms with E-state index in [2.05, 4.69) is 46.1 Å². The van der Waals surface area contributed by atoms with Crippen LogP contribution in [0.15, 0.2) is 22.9 Å². The summed E-state index contributed by atoms with van der Waals surface area (Å²) in [6, 6.07) is 2.82. The first kappa shape index (κ1) is 14.0. The Balaban J connectivity index is 1.91. The number of nitrogens with one attached hydrogen (secondary N) is 1. The molecule has 18 heavy (non-hydrogen) atoms. The molecule has 1 aromatic rings.